The van der Waals surface area contributed by atoms with Crippen molar-refractivity contribution in [2.45, 2.75) is 88.1 Å². The summed E-state index contributed by atoms with van der Waals surface area (Å²) in [6.45, 7) is 2.83. The van der Waals surface area contributed by atoms with Crippen LogP contribution in [0.25, 0.3) is 0 Å². The van der Waals surface area contributed by atoms with E-state index in [0.29, 0.717) is 36.5 Å². The van der Waals surface area contributed by atoms with Crippen molar-refractivity contribution in [3.05, 3.63) is 12.2 Å². The van der Waals surface area contributed by atoms with Crippen LogP contribution in [-0.4, -0.2) is 46.5 Å². The molecule has 2 aliphatic rings. The number of unbranched alkanes of at least 4 members (excludes halogenated alkanes) is 3. The quantitative estimate of drug-likeness (QED) is 0.266. The standard InChI is InChI=1S/C23H38N2O4S/c1-2-3-6-10-21(26)25-16-22(27)24-15-14-18-17(19-12-13-20(18)30-19)9-7-4-5-8-11-23(28)29/h4,7,17-20H,2-3,5-6,8-16H2,1H3,(H,24,27)(H,25,26)(H,28,29)/b7-4-/t17-,18+,19-,20+/m1/s1. The maximum Gasteiger partial charge on any atom is 0.303 e. The molecule has 0 aliphatic carbocycles. The molecule has 0 unspecified atom stereocenters. The molecule has 4 atom stereocenters. The highest BCUT2D eigenvalue weighted by Crippen LogP contribution is 2.55. The minimum Gasteiger partial charge on any atom is -0.481 e. The van der Waals surface area contributed by atoms with Gasteiger partial charge in [0.05, 0.1) is 6.54 Å². The molecule has 170 valence electrons. The van der Waals surface area contributed by atoms with Gasteiger partial charge in [0.1, 0.15) is 0 Å². The Morgan fingerprint density at radius 1 is 0.967 bits per heavy atom. The van der Waals surface area contributed by atoms with Crippen LogP contribution in [0.5, 0.6) is 0 Å². The number of hydrogen-bond acceptors (Lipinski definition) is 4. The molecule has 7 heteroatoms. The molecule has 2 saturated heterocycles. The summed E-state index contributed by atoms with van der Waals surface area (Å²) in [5, 5.41) is 15.8. The van der Waals surface area contributed by atoms with Gasteiger partial charge in [-0.1, -0.05) is 31.9 Å². The van der Waals surface area contributed by atoms with Gasteiger partial charge < -0.3 is 15.7 Å². The van der Waals surface area contributed by atoms with Crippen molar-refractivity contribution in [1.29, 1.82) is 0 Å². The van der Waals surface area contributed by atoms with Gasteiger partial charge in [0.15, 0.2) is 0 Å². The Bertz CT molecular complexity index is 596. The summed E-state index contributed by atoms with van der Waals surface area (Å²) in [4.78, 5) is 34.3. The lowest BCUT2D eigenvalue weighted by molar-refractivity contribution is -0.137. The van der Waals surface area contributed by atoms with Gasteiger partial charge in [-0.05, 0) is 56.8 Å². The number of carboxylic acids is 1. The van der Waals surface area contributed by atoms with E-state index < -0.39 is 5.97 Å². The average molecular weight is 439 g/mol. The Hall–Kier alpha value is -1.50. The van der Waals surface area contributed by atoms with E-state index in [0.717, 1.165) is 43.8 Å². The third kappa shape index (κ3) is 8.70. The van der Waals surface area contributed by atoms with E-state index in [1.807, 2.05) is 0 Å². The maximum absolute atomic E-state index is 12.0. The molecular weight excluding hydrogens is 400 g/mol. The molecule has 0 radical (unpaired) electrons. The van der Waals surface area contributed by atoms with Crippen LogP contribution in [0.3, 0.4) is 0 Å². The van der Waals surface area contributed by atoms with Crippen LogP contribution >= 0.6 is 11.8 Å². The van der Waals surface area contributed by atoms with Gasteiger partial charge >= 0.3 is 5.97 Å². The second-order valence-electron chi connectivity index (χ2n) is 8.48. The number of allylic oxidation sites excluding steroid dienone is 2. The van der Waals surface area contributed by atoms with Crippen LogP contribution in [0.4, 0.5) is 0 Å². The summed E-state index contributed by atoms with van der Waals surface area (Å²) < 4.78 is 0. The molecule has 0 spiro atoms. The Balaban J connectivity index is 1.64. The zero-order valence-corrected chi connectivity index (χ0v) is 19.1. The highest BCUT2D eigenvalue weighted by molar-refractivity contribution is 8.01. The normalized spacial score (nSPS) is 25.0. The molecule has 3 N–H and O–H groups in total. The average Bonchev–Trinajstić information content (AvgIpc) is 3.31. The molecule has 2 aliphatic heterocycles. The number of nitrogens with one attached hydrogen (secondary N) is 2. The fraction of sp³-hybridized carbons (Fsp3) is 0.783. The fourth-order valence-electron chi connectivity index (χ4n) is 4.58. The number of carbonyl (C=O) groups excluding carboxylic acids is 2. The third-order valence-corrected chi connectivity index (χ3v) is 8.05. The first-order valence-electron chi connectivity index (χ1n) is 11.6. The van der Waals surface area contributed by atoms with E-state index in [4.69, 9.17) is 5.11 Å². The van der Waals surface area contributed by atoms with Crippen molar-refractivity contribution >= 4 is 29.5 Å². The fourth-order valence-corrected chi connectivity index (χ4v) is 6.63. The van der Waals surface area contributed by atoms with Gasteiger partial charge in [-0.2, -0.15) is 11.8 Å². The smallest absolute Gasteiger partial charge is 0.303 e. The molecule has 2 fully saturated rings. The van der Waals surface area contributed by atoms with Crippen LogP contribution in [0.1, 0.15) is 77.6 Å². The third-order valence-electron chi connectivity index (χ3n) is 6.18. The molecule has 0 saturated carbocycles. The van der Waals surface area contributed by atoms with Crippen LogP contribution in [0, 0.1) is 11.8 Å². The number of aliphatic carboxylic acids is 1. The Labute approximate surface area is 185 Å². The number of hydrogen-bond donors (Lipinski definition) is 3. The molecule has 0 aromatic heterocycles. The molecule has 0 aromatic rings. The molecule has 2 rings (SSSR count). The van der Waals surface area contributed by atoms with Gasteiger partial charge in [0.25, 0.3) is 0 Å². The first kappa shape index (κ1) is 24.8. The van der Waals surface area contributed by atoms with Crippen molar-refractivity contribution in [2.24, 2.45) is 11.8 Å². The molecule has 6 nitrogen and oxygen atoms in total. The first-order chi connectivity index (χ1) is 14.5. The molecule has 30 heavy (non-hydrogen) atoms. The van der Waals surface area contributed by atoms with E-state index in [-0.39, 0.29) is 24.8 Å². The van der Waals surface area contributed by atoms with E-state index >= 15 is 0 Å². The predicted molar refractivity (Wildman–Crippen MR) is 121 cm³/mol. The number of thioether (sulfide) groups is 1. The van der Waals surface area contributed by atoms with E-state index in [2.05, 4.69) is 41.5 Å². The van der Waals surface area contributed by atoms with Crippen molar-refractivity contribution in [2.75, 3.05) is 13.1 Å². The maximum atomic E-state index is 12.0. The lowest BCUT2D eigenvalue weighted by atomic mass is 9.76. The number of rotatable bonds is 15. The Morgan fingerprint density at radius 2 is 1.73 bits per heavy atom. The zero-order valence-electron chi connectivity index (χ0n) is 18.2. The van der Waals surface area contributed by atoms with E-state index in [1.165, 1.54) is 12.8 Å². The van der Waals surface area contributed by atoms with Crippen molar-refractivity contribution < 1.29 is 19.5 Å². The predicted octanol–water partition coefficient (Wildman–Crippen LogP) is 3.90. The number of amides is 2. The lowest BCUT2D eigenvalue weighted by Gasteiger charge is -2.29. The highest BCUT2D eigenvalue weighted by atomic mass is 32.2. The van der Waals surface area contributed by atoms with Gasteiger partial charge in [0.2, 0.25) is 11.8 Å². The Kier molecular flexibility index (Phi) is 11.3. The van der Waals surface area contributed by atoms with Crippen LogP contribution in [0.15, 0.2) is 12.2 Å². The second-order valence-corrected chi connectivity index (χ2v) is 9.97. The topological polar surface area (TPSA) is 95.5 Å². The summed E-state index contributed by atoms with van der Waals surface area (Å²) in [6, 6.07) is 0. The molecular formula is C23H38N2O4S. The van der Waals surface area contributed by atoms with Crippen molar-refractivity contribution in [3.8, 4) is 0 Å². The van der Waals surface area contributed by atoms with E-state index in [1.54, 1.807) is 0 Å². The lowest BCUT2D eigenvalue weighted by Crippen LogP contribution is -2.38. The summed E-state index contributed by atoms with van der Waals surface area (Å²) in [5.74, 6) is 0.398. The summed E-state index contributed by atoms with van der Waals surface area (Å²) in [6.07, 6.45) is 14.2. The van der Waals surface area contributed by atoms with Gasteiger partial charge in [0, 0.05) is 29.9 Å². The molecule has 0 aromatic carbocycles. The number of carboxylic acid groups (broad SMARTS) is 1. The SMILES string of the molecule is CCCCCC(=O)NCC(=O)NCC[C@H]1[C@@H](C/C=C\CCCC(=O)O)[C@H]2CC[C@@H]1S2. The van der Waals surface area contributed by atoms with Crippen molar-refractivity contribution in [1.82, 2.24) is 10.6 Å². The summed E-state index contributed by atoms with van der Waals surface area (Å²) in [5.41, 5.74) is 0. The van der Waals surface area contributed by atoms with Gasteiger partial charge in [-0.25, -0.2) is 0 Å². The Morgan fingerprint density at radius 3 is 2.47 bits per heavy atom. The van der Waals surface area contributed by atoms with Crippen LogP contribution < -0.4 is 10.6 Å². The first-order valence-corrected chi connectivity index (χ1v) is 12.5. The zero-order chi connectivity index (χ0) is 21.8. The molecule has 2 bridgehead atoms. The van der Waals surface area contributed by atoms with Crippen LogP contribution in [0.2, 0.25) is 0 Å². The number of carbonyl (C=O) groups is 3. The molecule has 2 heterocycles. The summed E-state index contributed by atoms with van der Waals surface area (Å²) >= 11 is 2.12. The monoisotopic (exact) mass is 438 g/mol. The van der Waals surface area contributed by atoms with Gasteiger partial charge in [-0.15, -0.1) is 0 Å². The van der Waals surface area contributed by atoms with Gasteiger partial charge in [-0.3, -0.25) is 14.4 Å². The molecule has 2 amide bonds. The largest absolute Gasteiger partial charge is 0.481 e. The highest BCUT2D eigenvalue weighted by Gasteiger charge is 2.46. The van der Waals surface area contributed by atoms with E-state index in [9.17, 15) is 14.4 Å². The minimum atomic E-state index is -0.730. The van der Waals surface area contributed by atoms with Crippen LogP contribution in [-0.2, 0) is 14.4 Å². The minimum absolute atomic E-state index is 0.0432. The number of fused-ring (bicyclic) bond motifs is 2. The summed E-state index contributed by atoms with van der Waals surface area (Å²) in [7, 11) is 0. The van der Waals surface area contributed by atoms with Crippen molar-refractivity contribution in [3.63, 3.8) is 0 Å². The second kappa shape index (κ2) is 13.7.